The van der Waals surface area contributed by atoms with Crippen molar-refractivity contribution in [2.75, 3.05) is 5.75 Å². The highest BCUT2D eigenvalue weighted by atomic mass is 32.2. The van der Waals surface area contributed by atoms with Crippen LogP contribution in [0.5, 0.6) is 0 Å². The van der Waals surface area contributed by atoms with Gasteiger partial charge in [0.05, 0.1) is 11.8 Å². The third kappa shape index (κ3) is 4.77. The number of ketones is 1. The maximum Gasteiger partial charge on any atom is 0.213 e. The van der Waals surface area contributed by atoms with Crippen molar-refractivity contribution in [3.05, 3.63) is 71.5 Å². The van der Waals surface area contributed by atoms with E-state index in [-0.39, 0.29) is 22.9 Å². The van der Waals surface area contributed by atoms with Gasteiger partial charge >= 0.3 is 0 Å². The lowest BCUT2D eigenvalue weighted by Gasteiger charge is -2.36. The molecule has 9 heteroatoms. The van der Waals surface area contributed by atoms with Gasteiger partial charge in [0.2, 0.25) is 10.0 Å². The summed E-state index contributed by atoms with van der Waals surface area (Å²) < 4.78 is 31.7. The number of aromatic nitrogens is 3. The number of thioether (sulfide) groups is 1. The van der Waals surface area contributed by atoms with Gasteiger partial charge in [0, 0.05) is 23.3 Å². The minimum absolute atomic E-state index is 0.0919. The molecule has 7 nitrogen and oxygen atoms in total. The first-order valence-electron chi connectivity index (χ1n) is 12.7. The smallest absolute Gasteiger partial charge is 0.213 e. The van der Waals surface area contributed by atoms with Gasteiger partial charge in [-0.05, 0) is 55.7 Å². The van der Waals surface area contributed by atoms with Crippen molar-refractivity contribution in [2.45, 2.75) is 63.9 Å². The second-order valence-corrected chi connectivity index (χ2v) is 13.7. The van der Waals surface area contributed by atoms with Gasteiger partial charge < -0.3 is 0 Å². The van der Waals surface area contributed by atoms with Gasteiger partial charge in [0.25, 0.3) is 0 Å². The van der Waals surface area contributed by atoms with Crippen LogP contribution in [0.15, 0.2) is 59.8 Å². The van der Waals surface area contributed by atoms with Gasteiger partial charge in [-0.15, -0.1) is 10.2 Å². The van der Waals surface area contributed by atoms with E-state index in [1.165, 1.54) is 5.56 Å². The fourth-order valence-corrected chi connectivity index (χ4v) is 9.08. The molecule has 2 aliphatic carbocycles. The SMILES string of the molecule is Cc1ccc(-n2c(SCc3ccccc3)nnc2C(C)NS(=O)(=O)CC23CCC(CC2=O)C3(C)C)cc1. The molecule has 37 heavy (non-hydrogen) atoms. The molecule has 0 radical (unpaired) electrons. The first-order valence-corrected chi connectivity index (χ1v) is 15.4. The van der Waals surface area contributed by atoms with E-state index in [0.717, 1.165) is 17.7 Å². The third-order valence-electron chi connectivity index (χ3n) is 8.48. The average Bonchev–Trinajstić information content (AvgIpc) is 3.43. The van der Waals surface area contributed by atoms with Crippen molar-refractivity contribution in [3.8, 4) is 5.69 Å². The number of aryl methyl sites for hydroxylation is 1. The number of fused-ring (bicyclic) bond motifs is 2. The van der Waals surface area contributed by atoms with Crippen molar-refractivity contribution < 1.29 is 13.2 Å². The fraction of sp³-hybridized carbons (Fsp3) is 0.464. The molecule has 5 rings (SSSR count). The minimum atomic E-state index is -3.77. The Balaban J connectivity index is 1.42. The van der Waals surface area contributed by atoms with E-state index < -0.39 is 21.5 Å². The molecule has 0 saturated heterocycles. The summed E-state index contributed by atoms with van der Waals surface area (Å²) in [4.78, 5) is 12.9. The number of rotatable bonds is 9. The first kappa shape index (κ1) is 26.1. The Hall–Kier alpha value is -2.49. The summed E-state index contributed by atoms with van der Waals surface area (Å²) in [5, 5.41) is 9.57. The second kappa shape index (κ2) is 9.67. The molecular weight excluding hydrogens is 504 g/mol. The Morgan fingerprint density at radius 3 is 2.43 bits per heavy atom. The molecule has 2 bridgehead atoms. The third-order valence-corrected chi connectivity index (χ3v) is 11.1. The molecular formula is C28H34N4O3S2. The normalized spacial score (nSPS) is 23.5. The molecule has 0 amide bonds. The molecule has 0 spiro atoms. The Morgan fingerprint density at radius 1 is 1.11 bits per heavy atom. The van der Waals surface area contributed by atoms with E-state index in [2.05, 4.69) is 40.9 Å². The zero-order valence-corrected chi connectivity index (χ0v) is 23.4. The lowest BCUT2D eigenvalue weighted by atomic mass is 9.70. The lowest BCUT2D eigenvalue weighted by Crippen LogP contribution is -2.45. The molecule has 2 fully saturated rings. The zero-order valence-electron chi connectivity index (χ0n) is 21.8. The highest BCUT2D eigenvalue weighted by Crippen LogP contribution is 2.64. The molecule has 2 aliphatic rings. The second-order valence-electron chi connectivity index (χ2n) is 11.1. The van der Waals surface area contributed by atoms with E-state index in [1.807, 2.05) is 54.0 Å². The molecule has 1 N–H and O–H groups in total. The van der Waals surface area contributed by atoms with E-state index in [0.29, 0.717) is 29.6 Å². The van der Waals surface area contributed by atoms with Gasteiger partial charge in [-0.25, -0.2) is 13.1 Å². The van der Waals surface area contributed by atoms with Gasteiger partial charge in [-0.1, -0.05) is 73.6 Å². The van der Waals surface area contributed by atoms with E-state index >= 15 is 0 Å². The largest absolute Gasteiger partial charge is 0.299 e. The summed E-state index contributed by atoms with van der Waals surface area (Å²) >= 11 is 1.56. The monoisotopic (exact) mass is 538 g/mol. The quantitative estimate of drug-likeness (QED) is 0.374. The highest BCUT2D eigenvalue weighted by molar-refractivity contribution is 7.98. The summed E-state index contributed by atoms with van der Waals surface area (Å²) in [6.45, 7) is 7.92. The summed E-state index contributed by atoms with van der Waals surface area (Å²) in [5.74, 6) is 1.41. The summed E-state index contributed by atoms with van der Waals surface area (Å²) in [7, 11) is -3.77. The molecule has 1 aromatic heterocycles. The fourth-order valence-electron chi connectivity index (χ4n) is 6.11. The molecule has 2 aromatic carbocycles. The standard InChI is InChI=1S/C28H34N4O3S2/c1-19-10-12-23(13-11-19)32-25(29-30-26(32)36-17-21-8-6-5-7-9-21)20(2)31-37(34,35)18-28-15-14-22(16-24(28)33)27(28,3)4/h5-13,20,22,31H,14-18H2,1-4H3. The lowest BCUT2D eigenvalue weighted by molar-refractivity contribution is -0.128. The molecule has 196 valence electrons. The van der Waals surface area contributed by atoms with Crippen molar-refractivity contribution >= 4 is 27.6 Å². The van der Waals surface area contributed by atoms with Crippen LogP contribution in [-0.4, -0.2) is 34.7 Å². The molecule has 3 aromatic rings. The number of carbonyl (C=O) groups excluding carboxylic acids is 1. The number of sulfonamides is 1. The highest BCUT2D eigenvalue weighted by Gasteiger charge is 2.65. The number of benzene rings is 2. The number of nitrogens with one attached hydrogen (secondary N) is 1. The van der Waals surface area contributed by atoms with Gasteiger partial charge in [0.1, 0.15) is 5.78 Å². The Morgan fingerprint density at radius 2 is 1.81 bits per heavy atom. The number of carbonyl (C=O) groups is 1. The molecule has 3 atom stereocenters. The van der Waals surface area contributed by atoms with Crippen LogP contribution in [-0.2, 0) is 20.6 Å². The van der Waals surface area contributed by atoms with Crippen LogP contribution in [0.25, 0.3) is 5.69 Å². The van der Waals surface area contributed by atoms with Crippen molar-refractivity contribution in [1.29, 1.82) is 0 Å². The van der Waals surface area contributed by atoms with E-state index in [9.17, 15) is 13.2 Å². The van der Waals surface area contributed by atoms with Crippen molar-refractivity contribution in [2.24, 2.45) is 16.7 Å². The molecule has 2 saturated carbocycles. The molecule has 3 unspecified atom stereocenters. The topological polar surface area (TPSA) is 93.9 Å². The van der Waals surface area contributed by atoms with Crippen LogP contribution in [0.1, 0.15) is 63.0 Å². The van der Waals surface area contributed by atoms with Gasteiger partial charge in [-0.3, -0.25) is 9.36 Å². The Kier molecular flexibility index (Phi) is 6.83. The molecule has 0 aliphatic heterocycles. The summed E-state index contributed by atoms with van der Waals surface area (Å²) in [6, 6.07) is 17.5. The van der Waals surface area contributed by atoms with E-state index in [4.69, 9.17) is 0 Å². The van der Waals surface area contributed by atoms with Gasteiger partial charge in [0.15, 0.2) is 11.0 Å². The minimum Gasteiger partial charge on any atom is -0.299 e. The Labute approximate surface area is 223 Å². The number of Topliss-reactive ketones (excluding diaryl/α,β-unsaturated/α-hetero) is 1. The maximum atomic E-state index is 13.5. The molecule has 1 heterocycles. The zero-order chi connectivity index (χ0) is 26.4. The van der Waals surface area contributed by atoms with Crippen LogP contribution in [0, 0.1) is 23.7 Å². The van der Waals surface area contributed by atoms with Crippen LogP contribution in [0.2, 0.25) is 0 Å². The predicted octanol–water partition coefficient (Wildman–Crippen LogP) is 5.24. The van der Waals surface area contributed by atoms with Crippen LogP contribution in [0.4, 0.5) is 0 Å². The maximum absolute atomic E-state index is 13.5. The van der Waals surface area contributed by atoms with Crippen molar-refractivity contribution in [3.63, 3.8) is 0 Å². The first-order chi connectivity index (χ1) is 17.5. The number of nitrogens with zero attached hydrogens (tertiary/aromatic N) is 3. The summed E-state index contributed by atoms with van der Waals surface area (Å²) in [5.41, 5.74) is 2.04. The predicted molar refractivity (Wildman–Crippen MR) is 146 cm³/mol. The van der Waals surface area contributed by atoms with Crippen LogP contribution < -0.4 is 4.72 Å². The number of hydrogen-bond donors (Lipinski definition) is 1. The van der Waals surface area contributed by atoms with E-state index in [1.54, 1.807) is 18.7 Å². The van der Waals surface area contributed by atoms with Crippen LogP contribution in [0.3, 0.4) is 0 Å². The average molecular weight is 539 g/mol. The Bertz CT molecular complexity index is 1400. The van der Waals surface area contributed by atoms with Gasteiger partial charge in [-0.2, -0.15) is 0 Å². The van der Waals surface area contributed by atoms with Crippen molar-refractivity contribution in [1.82, 2.24) is 19.5 Å². The number of hydrogen-bond acceptors (Lipinski definition) is 6. The van der Waals surface area contributed by atoms with Crippen LogP contribution >= 0.6 is 11.8 Å². The summed E-state index contributed by atoms with van der Waals surface area (Å²) in [6.07, 6.45) is 2.04.